The van der Waals surface area contributed by atoms with Crippen LogP contribution in [-0.4, -0.2) is 28.8 Å². The van der Waals surface area contributed by atoms with Crippen LogP contribution in [0.2, 0.25) is 0 Å². The SMILES string of the molecule is CCN[N+](O)(O)c1ccc(N2C(=O)C=CC2=O)cc1. The van der Waals surface area contributed by atoms with Crippen molar-refractivity contribution in [1.29, 1.82) is 0 Å². The molecule has 1 aliphatic heterocycles. The second-order valence-electron chi connectivity index (χ2n) is 3.97. The number of hydrogen-bond donors (Lipinski definition) is 3. The van der Waals surface area contributed by atoms with Crippen molar-refractivity contribution in [3.63, 3.8) is 0 Å². The average molecular weight is 264 g/mol. The molecule has 0 saturated heterocycles. The molecule has 7 heteroatoms. The van der Waals surface area contributed by atoms with E-state index in [0.29, 0.717) is 12.2 Å². The Balaban J connectivity index is 2.24. The van der Waals surface area contributed by atoms with E-state index in [9.17, 15) is 20.0 Å². The molecule has 3 N–H and O–H groups in total. The van der Waals surface area contributed by atoms with E-state index in [-0.39, 0.29) is 5.69 Å². The lowest BCUT2D eigenvalue weighted by Gasteiger charge is -2.20. The average Bonchev–Trinajstić information content (AvgIpc) is 2.69. The van der Waals surface area contributed by atoms with Gasteiger partial charge in [0.1, 0.15) is 0 Å². The molecule has 1 aliphatic rings. The molecule has 2 rings (SSSR count). The highest BCUT2D eigenvalue weighted by atomic mass is 16.9. The number of carbonyl (C=O) groups excluding carboxylic acids is 2. The van der Waals surface area contributed by atoms with Crippen molar-refractivity contribution in [1.82, 2.24) is 10.3 Å². The predicted octanol–water partition coefficient (Wildman–Crippen LogP) is 0.726. The van der Waals surface area contributed by atoms with Crippen LogP contribution in [0.5, 0.6) is 0 Å². The number of amides is 2. The van der Waals surface area contributed by atoms with Gasteiger partial charge in [-0.05, 0) is 19.1 Å². The first-order valence-corrected chi connectivity index (χ1v) is 5.72. The van der Waals surface area contributed by atoms with E-state index < -0.39 is 16.7 Å². The Kier molecular flexibility index (Phi) is 3.45. The third kappa shape index (κ3) is 2.54. The van der Waals surface area contributed by atoms with E-state index in [2.05, 4.69) is 5.43 Å². The summed E-state index contributed by atoms with van der Waals surface area (Å²) < 4.78 is 0. The van der Waals surface area contributed by atoms with Crippen LogP contribution in [0.25, 0.3) is 0 Å². The minimum Gasteiger partial charge on any atom is -0.269 e. The molecule has 0 unspecified atom stereocenters. The smallest absolute Gasteiger partial charge is 0.258 e. The summed E-state index contributed by atoms with van der Waals surface area (Å²) in [6.07, 6.45) is 2.38. The summed E-state index contributed by atoms with van der Waals surface area (Å²) >= 11 is 0. The number of anilines is 1. The molecule has 1 aromatic rings. The molecule has 0 atom stereocenters. The number of rotatable bonds is 4. The van der Waals surface area contributed by atoms with Crippen LogP contribution < -0.4 is 15.2 Å². The molecule has 0 aromatic heterocycles. The van der Waals surface area contributed by atoms with Crippen molar-refractivity contribution in [2.75, 3.05) is 11.4 Å². The normalized spacial score (nSPS) is 15.4. The standard InChI is InChI=1S/C12H14N3O4/c1-2-13-15(18,19)10-5-3-9(4-6-10)14-11(16)7-8-12(14)17/h3-8,13,18-19H,2H2,1H3/q+1. The van der Waals surface area contributed by atoms with Gasteiger partial charge >= 0.3 is 0 Å². The molecule has 0 spiro atoms. The van der Waals surface area contributed by atoms with Gasteiger partial charge in [0.15, 0.2) is 0 Å². The Morgan fingerprint density at radius 2 is 1.63 bits per heavy atom. The van der Waals surface area contributed by atoms with E-state index in [1.807, 2.05) is 0 Å². The first-order chi connectivity index (χ1) is 8.95. The maximum atomic E-state index is 11.5. The van der Waals surface area contributed by atoms with Crippen LogP contribution in [0.15, 0.2) is 36.4 Å². The molecular weight excluding hydrogens is 250 g/mol. The first-order valence-electron chi connectivity index (χ1n) is 5.72. The molecular formula is C12H14N3O4+. The Labute approximate surface area is 109 Å². The van der Waals surface area contributed by atoms with Gasteiger partial charge in [0.2, 0.25) is 5.69 Å². The second-order valence-corrected chi connectivity index (χ2v) is 3.97. The van der Waals surface area contributed by atoms with E-state index in [1.165, 1.54) is 36.4 Å². The first kappa shape index (κ1) is 13.4. The second kappa shape index (κ2) is 4.90. The maximum Gasteiger partial charge on any atom is 0.258 e. The molecule has 1 aromatic carbocycles. The van der Waals surface area contributed by atoms with Crippen LogP contribution in [0.1, 0.15) is 6.92 Å². The van der Waals surface area contributed by atoms with Gasteiger partial charge in [0, 0.05) is 30.8 Å². The predicted molar refractivity (Wildman–Crippen MR) is 67.1 cm³/mol. The molecule has 100 valence electrons. The Morgan fingerprint density at radius 3 is 2.11 bits per heavy atom. The molecule has 1 heterocycles. The largest absolute Gasteiger partial charge is 0.269 e. The van der Waals surface area contributed by atoms with Crippen LogP contribution >= 0.6 is 0 Å². The van der Waals surface area contributed by atoms with Gasteiger partial charge in [-0.1, -0.05) is 5.43 Å². The van der Waals surface area contributed by atoms with Gasteiger partial charge in [-0.25, -0.2) is 4.90 Å². The Morgan fingerprint density at radius 1 is 1.11 bits per heavy atom. The van der Waals surface area contributed by atoms with Crippen molar-refractivity contribution < 1.29 is 20.0 Å². The van der Waals surface area contributed by atoms with Gasteiger partial charge < -0.3 is 0 Å². The van der Waals surface area contributed by atoms with E-state index in [4.69, 9.17) is 0 Å². The molecule has 19 heavy (non-hydrogen) atoms. The van der Waals surface area contributed by atoms with Crippen LogP contribution in [-0.2, 0) is 9.59 Å². The fourth-order valence-corrected chi connectivity index (χ4v) is 1.78. The fraction of sp³-hybridized carbons (Fsp3) is 0.167. The monoisotopic (exact) mass is 264 g/mol. The lowest BCUT2D eigenvalue weighted by Crippen LogP contribution is -2.54. The van der Waals surface area contributed by atoms with Gasteiger partial charge in [-0.15, -0.1) is 0 Å². The molecule has 7 nitrogen and oxygen atoms in total. The van der Waals surface area contributed by atoms with Crippen LogP contribution in [0.4, 0.5) is 11.4 Å². The minimum absolute atomic E-state index is 0.164. The van der Waals surface area contributed by atoms with Gasteiger partial charge in [-0.3, -0.25) is 9.59 Å². The topological polar surface area (TPSA) is 89.9 Å². The van der Waals surface area contributed by atoms with Crippen molar-refractivity contribution in [3.05, 3.63) is 36.4 Å². The maximum absolute atomic E-state index is 11.5. The molecule has 2 amide bonds. The van der Waals surface area contributed by atoms with Crippen molar-refractivity contribution >= 4 is 23.2 Å². The Hall–Kier alpha value is -2.06. The third-order valence-corrected chi connectivity index (χ3v) is 2.66. The fourth-order valence-electron chi connectivity index (χ4n) is 1.78. The molecule has 0 bridgehead atoms. The lowest BCUT2D eigenvalue weighted by molar-refractivity contribution is -0.324. The summed E-state index contributed by atoms with van der Waals surface area (Å²) in [7, 11) is 0. The minimum atomic E-state index is -1.46. The number of imide groups is 1. The highest BCUT2D eigenvalue weighted by Crippen LogP contribution is 2.24. The summed E-state index contributed by atoms with van der Waals surface area (Å²) in [5.74, 6) is -0.837. The molecule has 0 radical (unpaired) electrons. The zero-order valence-corrected chi connectivity index (χ0v) is 10.3. The van der Waals surface area contributed by atoms with E-state index in [0.717, 1.165) is 4.90 Å². The highest BCUT2D eigenvalue weighted by molar-refractivity contribution is 6.28. The number of carbonyl (C=O) groups is 2. The summed E-state index contributed by atoms with van der Waals surface area (Å²) in [6.45, 7) is 2.07. The summed E-state index contributed by atoms with van der Waals surface area (Å²) in [5, 5.41) is 19.3. The lowest BCUT2D eigenvalue weighted by atomic mass is 10.2. The quantitative estimate of drug-likeness (QED) is 0.423. The zero-order valence-electron chi connectivity index (χ0n) is 10.3. The number of hydrogen-bond acceptors (Lipinski definition) is 5. The van der Waals surface area contributed by atoms with Crippen molar-refractivity contribution in [2.45, 2.75) is 6.92 Å². The van der Waals surface area contributed by atoms with Gasteiger partial charge in [-0.2, -0.15) is 10.4 Å². The summed E-state index contributed by atoms with van der Waals surface area (Å²) in [5.41, 5.74) is 2.97. The highest BCUT2D eigenvalue weighted by Gasteiger charge is 2.28. The third-order valence-electron chi connectivity index (χ3n) is 2.66. The van der Waals surface area contributed by atoms with Gasteiger partial charge in [0.05, 0.1) is 10.6 Å². The molecule has 0 saturated carbocycles. The summed E-state index contributed by atoms with van der Waals surface area (Å²) in [4.78, 5) is 22.5. The molecule has 0 aliphatic carbocycles. The van der Waals surface area contributed by atoms with Crippen molar-refractivity contribution in [3.8, 4) is 0 Å². The number of quaternary nitrogens is 1. The molecule has 0 fully saturated rings. The van der Waals surface area contributed by atoms with E-state index >= 15 is 0 Å². The van der Waals surface area contributed by atoms with Gasteiger partial charge in [0.25, 0.3) is 11.8 Å². The summed E-state index contributed by atoms with van der Waals surface area (Å²) in [6, 6.07) is 5.76. The number of benzene rings is 1. The zero-order chi connectivity index (χ0) is 14.0. The van der Waals surface area contributed by atoms with Crippen LogP contribution in [0, 0.1) is 0 Å². The number of nitrogens with zero attached hydrogens (tertiary/aromatic N) is 2. The van der Waals surface area contributed by atoms with Crippen LogP contribution in [0.3, 0.4) is 0 Å². The number of nitrogens with one attached hydrogen (secondary N) is 1. The Bertz CT molecular complexity index is 518. The van der Waals surface area contributed by atoms with E-state index in [1.54, 1.807) is 6.92 Å². The van der Waals surface area contributed by atoms with Crippen molar-refractivity contribution in [2.24, 2.45) is 0 Å².